The fourth-order valence-corrected chi connectivity index (χ4v) is 2.17. The van der Waals surface area contributed by atoms with Crippen molar-refractivity contribution in [2.75, 3.05) is 32.9 Å². The highest BCUT2D eigenvalue weighted by molar-refractivity contribution is 4.91. The first-order chi connectivity index (χ1) is 8.60. The summed E-state index contributed by atoms with van der Waals surface area (Å²) in [5.74, 6) is 0.724. The average Bonchev–Trinajstić information content (AvgIpc) is 3.07. The summed E-state index contributed by atoms with van der Waals surface area (Å²) in [6, 6.07) is 0. The van der Waals surface area contributed by atoms with Gasteiger partial charge >= 0.3 is 0 Å². The molecule has 0 aromatic carbocycles. The van der Waals surface area contributed by atoms with Crippen LogP contribution in [0.25, 0.3) is 0 Å². The molecule has 0 aromatic rings. The van der Waals surface area contributed by atoms with Gasteiger partial charge in [-0.15, -0.1) is 0 Å². The fraction of sp³-hybridized carbons (Fsp3) is 1.00. The largest absolute Gasteiger partial charge is 0.389 e. The van der Waals surface area contributed by atoms with Gasteiger partial charge in [-0.05, 0) is 25.7 Å². The molecule has 3 atom stereocenters. The second-order valence-corrected chi connectivity index (χ2v) is 5.63. The number of aliphatic hydroxyl groups excluding tert-OH is 1. The van der Waals surface area contributed by atoms with Crippen molar-refractivity contribution < 1.29 is 19.7 Å². The molecule has 18 heavy (non-hydrogen) atoms. The van der Waals surface area contributed by atoms with E-state index in [2.05, 4.69) is 5.32 Å². The van der Waals surface area contributed by atoms with Crippen molar-refractivity contribution in [2.24, 2.45) is 5.92 Å². The van der Waals surface area contributed by atoms with Crippen LogP contribution in [0.15, 0.2) is 0 Å². The number of ether oxygens (including phenoxy) is 2. The Morgan fingerprint density at radius 2 is 2.28 bits per heavy atom. The third kappa shape index (κ3) is 4.17. The number of rotatable bonds is 8. The molecule has 0 bridgehead atoms. The lowest BCUT2D eigenvalue weighted by atomic mass is 9.97. The Kier molecular flexibility index (Phi) is 4.98. The molecule has 0 spiro atoms. The Labute approximate surface area is 108 Å². The Hall–Kier alpha value is -0.200. The molecule has 1 aliphatic heterocycles. The maximum Gasteiger partial charge on any atom is 0.105 e. The Morgan fingerprint density at radius 1 is 1.50 bits per heavy atom. The highest BCUT2D eigenvalue weighted by Crippen LogP contribution is 2.28. The van der Waals surface area contributed by atoms with Crippen LogP contribution in [0.1, 0.15) is 26.2 Å². The molecule has 2 aliphatic rings. The molecular weight excluding hydrogens is 234 g/mol. The van der Waals surface area contributed by atoms with Gasteiger partial charge in [0.25, 0.3) is 0 Å². The van der Waals surface area contributed by atoms with Crippen LogP contribution in [0, 0.1) is 5.92 Å². The molecule has 0 aromatic heterocycles. The van der Waals surface area contributed by atoms with Crippen LogP contribution in [0.2, 0.25) is 0 Å². The minimum atomic E-state index is -0.797. The van der Waals surface area contributed by atoms with Crippen molar-refractivity contribution in [3.05, 3.63) is 0 Å². The molecule has 5 nitrogen and oxygen atoms in total. The zero-order valence-electron chi connectivity index (χ0n) is 11.1. The van der Waals surface area contributed by atoms with Gasteiger partial charge in [0.1, 0.15) is 5.60 Å². The van der Waals surface area contributed by atoms with Crippen LogP contribution in [-0.2, 0) is 9.47 Å². The van der Waals surface area contributed by atoms with Crippen LogP contribution in [0.3, 0.4) is 0 Å². The van der Waals surface area contributed by atoms with Crippen LogP contribution < -0.4 is 5.32 Å². The molecule has 0 amide bonds. The summed E-state index contributed by atoms with van der Waals surface area (Å²) in [6.45, 7) is 4.52. The minimum Gasteiger partial charge on any atom is -0.389 e. The molecule has 1 saturated carbocycles. The summed E-state index contributed by atoms with van der Waals surface area (Å²) in [4.78, 5) is 0. The second kappa shape index (κ2) is 6.30. The van der Waals surface area contributed by atoms with E-state index in [9.17, 15) is 10.2 Å². The van der Waals surface area contributed by atoms with E-state index >= 15 is 0 Å². The Bertz CT molecular complexity index is 259. The van der Waals surface area contributed by atoms with Gasteiger partial charge in [-0.2, -0.15) is 0 Å². The molecule has 1 aliphatic carbocycles. The Morgan fingerprint density at radius 3 is 2.89 bits per heavy atom. The fourth-order valence-electron chi connectivity index (χ4n) is 2.17. The van der Waals surface area contributed by atoms with E-state index in [4.69, 9.17) is 9.47 Å². The lowest BCUT2D eigenvalue weighted by Crippen LogP contribution is -2.47. The predicted molar refractivity (Wildman–Crippen MR) is 67.4 cm³/mol. The van der Waals surface area contributed by atoms with Gasteiger partial charge in [0.2, 0.25) is 0 Å². The first-order valence-electron chi connectivity index (χ1n) is 6.91. The van der Waals surface area contributed by atoms with E-state index in [1.165, 1.54) is 12.8 Å². The molecule has 3 unspecified atom stereocenters. The minimum absolute atomic E-state index is 0.145. The average molecular weight is 259 g/mol. The first kappa shape index (κ1) is 14.2. The van der Waals surface area contributed by atoms with Gasteiger partial charge in [0.15, 0.2) is 0 Å². The topological polar surface area (TPSA) is 71.0 Å². The van der Waals surface area contributed by atoms with E-state index in [1.807, 2.05) is 6.92 Å². The molecule has 2 rings (SSSR count). The summed E-state index contributed by atoms with van der Waals surface area (Å²) < 4.78 is 10.8. The van der Waals surface area contributed by atoms with Gasteiger partial charge in [-0.25, -0.2) is 0 Å². The van der Waals surface area contributed by atoms with Gasteiger partial charge in [0.05, 0.1) is 18.8 Å². The van der Waals surface area contributed by atoms with Crippen molar-refractivity contribution in [2.45, 2.75) is 44.0 Å². The van der Waals surface area contributed by atoms with Crippen LogP contribution in [0.4, 0.5) is 0 Å². The second-order valence-electron chi connectivity index (χ2n) is 5.63. The normalized spacial score (nSPS) is 33.8. The predicted octanol–water partition coefficient (Wildman–Crippen LogP) is -0.0966. The van der Waals surface area contributed by atoms with Gasteiger partial charge < -0.3 is 25.0 Å². The zero-order valence-corrected chi connectivity index (χ0v) is 11.1. The van der Waals surface area contributed by atoms with Crippen LogP contribution in [0.5, 0.6) is 0 Å². The quantitative estimate of drug-likeness (QED) is 0.568. The van der Waals surface area contributed by atoms with E-state index in [1.54, 1.807) is 0 Å². The highest BCUT2D eigenvalue weighted by Gasteiger charge is 2.39. The third-order valence-electron chi connectivity index (χ3n) is 3.83. The lowest BCUT2D eigenvalue weighted by molar-refractivity contribution is -0.0294. The van der Waals surface area contributed by atoms with E-state index in [0.717, 1.165) is 12.5 Å². The van der Waals surface area contributed by atoms with Crippen LogP contribution in [-0.4, -0.2) is 60.9 Å². The van der Waals surface area contributed by atoms with E-state index < -0.39 is 11.7 Å². The SMILES string of the molecule is CC1OCCC1(O)CNCC(O)COCC1CC1. The highest BCUT2D eigenvalue weighted by atomic mass is 16.5. The summed E-state index contributed by atoms with van der Waals surface area (Å²) in [5.41, 5.74) is -0.797. The molecule has 106 valence electrons. The number of aliphatic hydroxyl groups is 2. The van der Waals surface area contributed by atoms with Crippen molar-refractivity contribution in [3.63, 3.8) is 0 Å². The van der Waals surface area contributed by atoms with E-state index in [-0.39, 0.29) is 6.10 Å². The molecule has 1 saturated heterocycles. The molecule has 2 fully saturated rings. The van der Waals surface area contributed by atoms with Crippen molar-refractivity contribution >= 4 is 0 Å². The number of nitrogens with one attached hydrogen (secondary N) is 1. The monoisotopic (exact) mass is 259 g/mol. The van der Waals surface area contributed by atoms with Gasteiger partial charge in [-0.1, -0.05) is 0 Å². The molecular formula is C13H25NO4. The summed E-state index contributed by atoms with van der Waals surface area (Å²) in [7, 11) is 0. The molecule has 5 heteroatoms. The maximum absolute atomic E-state index is 10.2. The number of hydrogen-bond acceptors (Lipinski definition) is 5. The first-order valence-corrected chi connectivity index (χ1v) is 6.91. The molecule has 1 heterocycles. The van der Waals surface area contributed by atoms with Gasteiger partial charge in [0, 0.05) is 32.7 Å². The summed E-state index contributed by atoms with van der Waals surface area (Å²) in [6.07, 6.45) is 2.52. The zero-order chi connectivity index (χ0) is 13.0. The smallest absolute Gasteiger partial charge is 0.105 e. The maximum atomic E-state index is 10.2. The molecule has 3 N–H and O–H groups in total. The molecule has 0 radical (unpaired) electrons. The number of hydrogen-bond donors (Lipinski definition) is 3. The van der Waals surface area contributed by atoms with Crippen molar-refractivity contribution in [1.82, 2.24) is 5.32 Å². The lowest BCUT2D eigenvalue weighted by Gasteiger charge is -2.26. The van der Waals surface area contributed by atoms with E-state index in [0.29, 0.717) is 32.7 Å². The standard InChI is InChI=1S/C13H25NO4/c1-10-13(16,4-5-18-10)9-14-6-12(15)8-17-7-11-2-3-11/h10-12,14-16H,2-9H2,1H3. The van der Waals surface area contributed by atoms with Crippen molar-refractivity contribution in [1.29, 1.82) is 0 Å². The van der Waals surface area contributed by atoms with Crippen LogP contribution >= 0.6 is 0 Å². The summed E-state index contributed by atoms with van der Waals surface area (Å²) in [5, 5.41) is 23.0. The van der Waals surface area contributed by atoms with Crippen molar-refractivity contribution in [3.8, 4) is 0 Å². The summed E-state index contributed by atoms with van der Waals surface area (Å²) >= 11 is 0. The Balaban J connectivity index is 1.53. The third-order valence-corrected chi connectivity index (χ3v) is 3.83. The van der Waals surface area contributed by atoms with Gasteiger partial charge in [-0.3, -0.25) is 0 Å².